The van der Waals surface area contributed by atoms with Gasteiger partial charge < -0.3 is 11.1 Å². The Morgan fingerprint density at radius 3 is 2.52 bits per heavy atom. The van der Waals surface area contributed by atoms with Crippen molar-refractivity contribution >= 4 is 40.6 Å². The summed E-state index contributed by atoms with van der Waals surface area (Å²) in [5, 5.41) is 2.86. The molecule has 1 amide bonds. The number of nitrogens with two attached hydrogens (primary N) is 1. The first-order valence-corrected chi connectivity index (χ1v) is 9.73. The van der Waals surface area contributed by atoms with Gasteiger partial charge in [-0.2, -0.15) is 0 Å². The summed E-state index contributed by atoms with van der Waals surface area (Å²) >= 11 is 0. The van der Waals surface area contributed by atoms with Crippen molar-refractivity contribution < 1.29 is 13.2 Å². The van der Waals surface area contributed by atoms with Crippen molar-refractivity contribution in [3.63, 3.8) is 0 Å². The summed E-state index contributed by atoms with van der Waals surface area (Å²) < 4.78 is 22.9. The SMILES string of the molecule is CC(N)CCNC(=O)c1cccc(CN2CCS(=O)(=O)CC2)c1.Cl.Cl. The van der Waals surface area contributed by atoms with Crippen LogP contribution in [0.5, 0.6) is 0 Å². The number of rotatable bonds is 6. The zero-order valence-corrected chi connectivity index (χ0v) is 16.8. The fraction of sp³-hybridized carbons (Fsp3) is 0.562. The third kappa shape index (κ3) is 8.37. The predicted molar refractivity (Wildman–Crippen MR) is 105 cm³/mol. The Morgan fingerprint density at radius 1 is 1.28 bits per heavy atom. The highest BCUT2D eigenvalue weighted by molar-refractivity contribution is 7.91. The Bertz CT molecular complexity index is 640. The quantitative estimate of drug-likeness (QED) is 0.733. The van der Waals surface area contributed by atoms with E-state index in [1.165, 1.54) is 0 Å². The number of nitrogens with zero attached hydrogens (tertiary/aromatic N) is 1. The number of amides is 1. The lowest BCUT2D eigenvalue weighted by Gasteiger charge is -2.26. The Kier molecular flexibility index (Phi) is 10.6. The Morgan fingerprint density at radius 2 is 1.92 bits per heavy atom. The number of benzene rings is 1. The van der Waals surface area contributed by atoms with Gasteiger partial charge >= 0.3 is 0 Å². The number of hydrogen-bond donors (Lipinski definition) is 2. The molecule has 1 atom stereocenters. The van der Waals surface area contributed by atoms with Crippen molar-refractivity contribution in [2.75, 3.05) is 31.1 Å². The molecule has 1 saturated heterocycles. The lowest BCUT2D eigenvalue weighted by molar-refractivity contribution is 0.0952. The van der Waals surface area contributed by atoms with Gasteiger partial charge in [-0.1, -0.05) is 12.1 Å². The maximum absolute atomic E-state index is 12.1. The van der Waals surface area contributed by atoms with Gasteiger partial charge in [0, 0.05) is 37.8 Å². The summed E-state index contributed by atoms with van der Waals surface area (Å²) in [4.78, 5) is 14.2. The molecule has 0 spiro atoms. The van der Waals surface area contributed by atoms with Gasteiger partial charge in [0.25, 0.3) is 5.91 Å². The lowest BCUT2D eigenvalue weighted by Crippen LogP contribution is -2.39. The van der Waals surface area contributed by atoms with Crippen LogP contribution in [0.4, 0.5) is 0 Å². The molecule has 0 saturated carbocycles. The average molecular weight is 412 g/mol. The van der Waals surface area contributed by atoms with Crippen molar-refractivity contribution in [1.29, 1.82) is 0 Å². The summed E-state index contributed by atoms with van der Waals surface area (Å²) in [6.45, 7) is 4.23. The smallest absolute Gasteiger partial charge is 0.251 e. The summed E-state index contributed by atoms with van der Waals surface area (Å²) in [6, 6.07) is 7.53. The van der Waals surface area contributed by atoms with Crippen LogP contribution in [-0.2, 0) is 16.4 Å². The Hall–Kier alpha value is -0.860. The highest BCUT2D eigenvalue weighted by Crippen LogP contribution is 2.11. The molecule has 1 fully saturated rings. The predicted octanol–water partition coefficient (Wildman–Crippen LogP) is 1.23. The average Bonchev–Trinajstić information content (AvgIpc) is 2.49. The van der Waals surface area contributed by atoms with E-state index in [9.17, 15) is 13.2 Å². The second kappa shape index (κ2) is 11.0. The molecule has 0 bridgehead atoms. The van der Waals surface area contributed by atoms with E-state index in [0.29, 0.717) is 31.7 Å². The van der Waals surface area contributed by atoms with Crippen LogP contribution < -0.4 is 11.1 Å². The van der Waals surface area contributed by atoms with E-state index in [-0.39, 0.29) is 48.3 Å². The van der Waals surface area contributed by atoms with E-state index in [1.54, 1.807) is 6.07 Å². The first kappa shape index (κ1) is 24.1. The van der Waals surface area contributed by atoms with Gasteiger partial charge in [0.1, 0.15) is 0 Å². The highest BCUT2D eigenvalue weighted by atomic mass is 35.5. The van der Waals surface area contributed by atoms with Crippen molar-refractivity contribution in [1.82, 2.24) is 10.2 Å². The van der Waals surface area contributed by atoms with Gasteiger partial charge in [-0.05, 0) is 31.0 Å². The lowest BCUT2D eigenvalue weighted by atomic mass is 10.1. The van der Waals surface area contributed by atoms with E-state index < -0.39 is 9.84 Å². The topological polar surface area (TPSA) is 92.5 Å². The molecule has 1 heterocycles. The van der Waals surface area contributed by atoms with Crippen LogP contribution in [0.15, 0.2) is 24.3 Å². The molecule has 0 aliphatic carbocycles. The van der Waals surface area contributed by atoms with Gasteiger partial charge in [-0.3, -0.25) is 9.69 Å². The van der Waals surface area contributed by atoms with E-state index in [2.05, 4.69) is 10.2 Å². The molecule has 144 valence electrons. The molecule has 1 aromatic rings. The van der Waals surface area contributed by atoms with E-state index in [0.717, 1.165) is 12.0 Å². The minimum absolute atomic E-state index is 0. The third-order valence-electron chi connectivity index (χ3n) is 3.92. The van der Waals surface area contributed by atoms with E-state index >= 15 is 0 Å². The number of carbonyl (C=O) groups is 1. The van der Waals surface area contributed by atoms with Crippen LogP contribution in [0.25, 0.3) is 0 Å². The van der Waals surface area contributed by atoms with Gasteiger partial charge in [-0.25, -0.2) is 8.42 Å². The Balaban J connectivity index is 0.00000288. The van der Waals surface area contributed by atoms with Crippen LogP contribution in [0.3, 0.4) is 0 Å². The molecular formula is C16H27Cl2N3O3S. The molecule has 9 heteroatoms. The fourth-order valence-corrected chi connectivity index (χ4v) is 3.77. The number of sulfone groups is 1. The molecule has 25 heavy (non-hydrogen) atoms. The van der Waals surface area contributed by atoms with Crippen LogP contribution in [0, 0.1) is 0 Å². The zero-order valence-electron chi connectivity index (χ0n) is 14.3. The molecule has 1 aliphatic heterocycles. The monoisotopic (exact) mass is 411 g/mol. The second-order valence-corrected chi connectivity index (χ2v) is 8.45. The number of nitrogens with one attached hydrogen (secondary N) is 1. The van der Waals surface area contributed by atoms with Gasteiger partial charge in [-0.15, -0.1) is 24.8 Å². The summed E-state index contributed by atoms with van der Waals surface area (Å²) in [5.74, 6) is 0.322. The normalized spacial score (nSPS) is 17.7. The molecule has 0 radical (unpaired) electrons. The molecule has 0 aromatic heterocycles. The summed E-state index contributed by atoms with van der Waals surface area (Å²) in [6.07, 6.45) is 0.744. The second-order valence-electron chi connectivity index (χ2n) is 6.15. The third-order valence-corrected chi connectivity index (χ3v) is 5.53. The molecule has 1 aromatic carbocycles. The van der Waals surface area contributed by atoms with Crippen molar-refractivity contribution in [3.05, 3.63) is 35.4 Å². The van der Waals surface area contributed by atoms with Crippen LogP contribution in [0.2, 0.25) is 0 Å². The van der Waals surface area contributed by atoms with Crippen LogP contribution in [0.1, 0.15) is 29.3 Å². The van der Waals surface area contributed by atoms with Crippen molar-refractivity contribution in [2.45, 2.75) is 25.9 Å². The summed E-state index contributed by atoms with van der Waals surface area (Å²) in [7, 11) is -2.86. The first-order valence-electron chi connectivity index (χ1n) is 7.91. The Labute approximate surface area is 162 Å². The fourth-order valence-electron chi connectivity index (χ4n) is 2.49. The van der Waals surface area contributed by atoms with Crippen LogP contribution >= 0.6 is 24.8 Å². The van der Waals surface area contributed by atoms with Crippen molar-refractivity contribution in [3.8, 4) is 0 Å². The summed E-state index contributed by atoms with van der Waals surface area (Å²) in [5.41, 5.74) is 7.30. The van der Waals surface area contributed by atoms with Crippen LogP contribution in [-0.4, -0.2) is 56.4 Å². The maximum atomic E-state index is 12.1. The van der Waals surface area contributed by atoms with Gasteiger partial charge in [0.05, 0.1) is 11.5 Å². The minimum Gasteiger partial charge on any atom is -0.352 e. The van der Waals surface area contributed by atoms with E-state index in [1.807, 2.05) is 25.1 Å². The number of hydrogen-bond acceptors (Lipinski definition) is 5. The molecule has 1 aliphatic rings. The molecule has 6 nitrogen and oxygen atoms in total. The molecule has 1 unspecified atom stereocenters. The van der Waals surface area contributed by atoms with E-state index in [4.69, 9.17) is 5.73 Å². The highest BCUT2D eigenvalue weighted by Gasteiger charge is 2.21. The standard InChI is InChI=1S/C16H25N3O3S.2ClH/c1-13(17)5-6-18-16(20)15-4-2-3-14(11-15)12-19-7-9-23(21,22)10-8-19;;/h2-4,11,13H,5-10,12,17H2,1H3,(H,18,20);2*1H. The largest absolute Gasteiger partial charge is 0.352 e. The maximum Gasteiger partial charge on any atom is 0.251 e. The molecule has 2 rings (SSSR count). The molecular weight excluding hydrogens is 385 g/mol. The zero-order chi connectivity index (χ0) is 16.9. The minimum atomic E-state index is -2.86. The van der Waals surface area contributed by atoms with Gasteiger partial charge in [0.15, 0.2) is 9.84 Å². The van der Waals surface area contributed by atoms with Crippen molar-refractivity contribution in [2.24, 2.45) is 5.73 Å². The van der Waals surface area contributed by atoms with Gasteiger partial charge in [0.2, 0.25) is 0 Å². The molecule has 3 N–H and O–H groups in total. The number of halogens is 2. The number of carbonyl (C=O) groups excluding carboxylic acids is 1. The first-order chi connectivity index (χ1) is 10.9.